The van der Waals surface area contributed by atoms with E-state index in [1.165, 1.54) is 5.56 Å². The predicted octanol–water partition coefficient (Wildman–Crippen LogP) is 3.52. The highest BCUT2D eigenvalue weighted by molar-refractivity contribution is 5.78. The predicted molar refractivity (Wildman–Crippen MR) is 109 cm³/mol. The van der Waals surface area contributed by atoms with Crippen LogP contribution in [-0.4, -0.2) is 21.6 Å². The molecule has 1 aromatic heterocycles. The zero-order valence-electron chi connectivity index (χ0n) is 16.0. The maximum Gasteiger partial charge on any atom is 0.329 e. The van der Waals surface area contributed by atoms with Gasteiger partial charge in [0.05, 0.1) is 11.0 Å². The Morgan fingerprint density at radius 2 is 1.56 bits per heavy atom. The molecule has 1 unspecified atom stereocenters. The lowest BCUT2D eigenvalue weighted by Gasteiger charge is -2.13. The molecule has 0 bridgehead atoms. The normalized spacial score (nSPS) is 12.2. The van der Waals surface area contributed by atoms with Gasteiger partial charge in [-0.15, -0.1) is 0 Å². The van der Waals surface area contributed by atoms with Crippen molar-refractivity contribution in [3.8, 4) is 0 Å². The van der Waals surface area contributed by atoms with Gasteiger partial charge in [0.1, 0.15) is 0 Å². The fourth-order valence-electron chi connectivity index (χ4n) is 3.40. The number of rotatable bonds is 8. The molecule has 3 rings (SSSR count). The van der Waals surface area contributed by atoms with E-state index in [9.17, 15) is 9.59 Å². The fraction of sp³-hybridized carbons (Fsp3) is 0.364. The Morgan fingerprint density at radius 1 is 0.963 bits per heavy atom. The summed E-state index contributed by atoms with van der Waals surface area (Å²) in [5.41, 5.74) is 2.99. The highest BCUT2D eigenvalue weighted by Crippen LogP contribution is 2.14. The number of hydrogen-bond acceptors (Lipinski definition) is 2. The topological polar surface area (TPSA) is 56.0 Å². The number of fused-ring (bicyclic) bond motifs is 1. The van der Waals surface area contributed by atoms with Crippen LogP contribution < -0.4 is 11.0 Å². The first-order valence-corrected chi connectivity index (χ1v) is 9.61. The number of nitrogens with one attached hydrogen (secondary N) is 1. The Kier molecular flexibility index (Phi) is 6.12. The van der Waals surface area contributed by atoms with E-state index < -0.39 is 0 Å². The van der Waals surface area contributed by atoms with Crippen molar-refractivity contribution in [1.29, 1.82) is 0 Å². The van der Waals surface area contributed by atoms with Gasteiger partial charge in [0.25, 0.3) is 0 Å². The minimum Gasteiger partial charge on any atom is -0.355 e. The van der Waals surface area contributed by atoms with Gasteiger partial charge in [-0.25, -0.2) is 4.79 Å². The van der Waals surface area contributed by atoms with E-state index in [-0.39, 0.29) is 17.5 Å². The Balaban J connectivity index is 1.64. The van der Waals surface area contributed by atoms with Crippen LogP contribution in [-0.2, 0) is 17.9 Å². The number of carbonyl (C=O) groups excluding carboxylic acids is 1. The van der Waals surface area contributed by atoms with Crippen molar-refractivity contribution in [2.45, 2.75) is 45.7 Å². The summed E-state index contributed by atoms with van der Waals surface area (Å²) in [6.07, 6.45) is 1.19. The van der Waals surface area contributed by atoms with Gasteiger partial charge in [-0.1, -0.05) is 56.3 Å². The third-order valence-corrected chi connectivity index (χ3v) is 4.91. The van der Waals surface area contributed by atoms with Gasteiger partial charge in [-0.3, -0.25) is 13.9 Å². The summed E-state index contributed by atoms with van der Waals surface area (Å²) < 4.78 is 3.51. The minimum atomic E-state index is -0.0384. The van der Waals surface area contributed by atoms with Crippen LogP contribution in [0.2, 0.25) is 0 Å². The molecular weight excluding hydrogens is 338 g/mol. The van der Waals surface area contributed by atoms with Crippen molar-refractivity contribution in [3.05, 3.63) is 70.6 Å². The molecule has 5 heteroatoms. The number of aryl methyl sites for hydroxylation is 2. The number of para-hydroxylation sites is 2. The molecule has 1 N–H and O–H groups in total. The summed E-state index contributed by atoms with van der Waals surface area (Å²) in [4.78, 5) is 25.0. The van der Waals surface area contributed by atoms with Gasteiger partial charge >= 0.3 is 5.69 Å². The number of hydrogen-bond donors (Lipinski definition) is 1. The van der Waals surface area contributed by atoms with Crippen LogP contribution in [0.3, 0.4) is 0 Å². The molecule has 3 aromatic rings. The molecule has 1 amide bonds. The summed E-state index contributed by atoms with van der Waals surface area (Å²) in [7, 11) is 0. The van der Waals surface area contributed by atoms with E-state index in [1.807, 2.05) is 42.5 Å². The Bertz CT molecular complexity index is 957. The molecule has 5 nitrogen and oxygen atoms in total. The number of nitrogens with zero attached hydrogens (tertiary/aromatic N) is 2. The van der Waals surface area contributed by atoms with E-state index in [0.717, 1.165) is 17.5 Å². The molecule has 0 saturated heterocycles. The van der Waals surface area contributed by atoms with Crippen molar-refractivity contribution >= 4 is 16.9 Å². The van der Waals surface area contributed by atoms with Crippen LogP contribution in [0.5, 0.6) is 0 Å². The Hall–Kier alpha value is -2.82. The number of amides is 1. The van der Waals surface area contributed by atoms with E-state index >= 15 is 0 Å². The lowest BCUT2D eigenvalue weighted by Crippen LogP contribution is -2.30. The van der Waals surface area contributed by atoms with E-state index in [0.29, 0.717) is 26.1 Å². The molecule has 1 heterocycles. The minimum absolute atomic E-state index is 0.0306. The van der Waals surface area contributed by atoms with E-state index in [4.69, 9.17) is 0 Å². The quantitative estimate of drug-likeness (QED) is 0.664. The van der Waals surface area contributed by atoms with Crippen LogP contribution in [0.25, 0.3) is 11.0 Å². The van der Waals surface area contributed by atoms with Gasteiger partial charge < -0.3 is 5.32 Å². The van der Waals surface area contributed by atoms with Crippen molar-refractivity contribution in [3.63, 3.8) is 0 Å². The highest BCUT2D eigenvalue weighted by atomic mass is 16.2. The van der Waals surface area contributed by atoms with E-state index in [2.05, 4.69) is 31.3 Å². The average molecular weight is 365 g/mol. The molecular formula is C22H27N3O2. The summed E-state index contributed by atoms with van der Waals surface area (Å²) in [5.74, 6) is 0.223. The molecule has 0 spiro atoms. The second-order valence-electron chi connectivity index (χ2n) is 6.94. The zero-order chi connectivity index (χ0) is 19.2. The van der Waals surface area contributed by atoms with Crippen LogP contribution in [0.4, 0.5) is 0 Å². The molecule has 1 atom stereocenters. The van der Waals surface area contributed by atoms with Gasteiger partial charge in [-0.05, 0) is 30.0 Å². The fourth-order valence-corrected chi connectivity index (χ4v) is 3.40. The standard InChI is InChI=1S/C22H27N3O2/c1-3-14-24-19-11-7-8-12-20(19)25(22(24)27)15-13-21(26)23-16-17(2)18-9-5-4-6-10-18/h4-12,17H,3,13-16H2,1-2H3,(H,23,26). The van der Waals surface area contributed by atoms with Gasteiger partial charge in [-0.2, -0.15) is 0 Å². The van der Waals surface area contributed by atoms with Crippen molar-refractivity contribution in [1.82, 2.24) is 14.5 Å². The lowest BCUT2D eigenvalue weighted by molar-refractivity contribution is -0.121. The Labute approximate surface area is 159 Å². The lowest BCUT2D eigenvalue weighted by atomic mass is 10.0. The van der Waals surface area contributed by atoms with Crippen molar-refractivity contribution < 1.29 is 4.79 Å². The monoisotopic (exact) mass is 365 g/mol. The number of aromatic nitrogens is 2. The molecule has 0 aliphatic carbocycles. The average Bonchev–Trinajstić information content (AvgIpc) is 2.97. The number of carbonyl (C=O) groups is 1. The SMILES string of the molecule is CCCn1c(=O)n(CCC(=O)NCC(C)c2ccccc2)c2ccccc21. The second-order valence-corrected chi connectivity index (χ2v) is 6.94. The third kappa shape index (κ3) is 4.30. The van der Waals surface area contributed by atoms with Gasteiger partial charge in [0.15, 0.2) is 0 Å². The van der Waals surface area contributed by atoms with Crippen LogP contribution in [0.1, 0.15) is 38.2 Å². The summed E-state index contributed by atoms with van der Waals surface area (Å²) >= 11 is 0. The molecule has 0 aliphatic heterocycles. The maximum atomic E-state index is 12.7. The molecule has 0 radical (unpaired) electrons. The first-order valence-electron chi connectivity index (χ1n) is 9.61. The molecule has 142 valence electrons. The molecule has 0 aliphatic rings. The zero-order valence-corrected chi connectivity index (χ0v) is 16.0. The first kappa shape index (κ1) is 19.0. The van der Waals surface area contributed by atoms with Gasteiger partial charge in [0.2, 0.25) is 5.91 Å². The van der Waals surface area contributed by atoms with Crippen molar-refractivity contribution in [2.24, 2.45) is 0 Å². The van der Waals surface area contributed by atoms with E-state index in [1.54, 1.807) is 9.13 Å². The molecule has 0 fully saturated rings. The van der Waals surface area contributed by atoms with Crippen LogP contribution in [0, 0.1) is 0 Å². The molecule has 2 aromatic carbocycles. The highest BCUT2D eigenvalue weighted by Gasteiger charge is 2.14. The Morgan fingerprint density at radius 3 is 2.19 bits per heavy atom. The number of imidazole rings is 1. The summed E-state index contributed by atoms with van der Waals surface area (Å²) in [6, 6.07) is 17.9. The van der Waals surface area contributed by atoms with Crippen molar-refractivity contribution in [2.75, 3.05) is 6.54 Å². The first-order chi connectivity index (χ1) is 13.1. The summed E-state index contributed by atoms with van der Waals surface area (Å²) in [6.45, 7) is 5.82. The van der Waals surface area contributed by atoms with Crippen LogP contribution in [0.15, 0.2) is 59.4 Å². The smallest absolute Gasteiger partial charge is 0.329 e. The third-order valence-electron chi connectivity index (χ3n) is 4.91. The molecule has 0 saturated carbocycles. The number of benzene rings is 2. The molecule has 27 heavy (non-hydrogen) atoms. The maximum absolute atomic E-state index is 12.7. The summed E-state index contributed by atoms with van der Waals surface area (Å²) in [5, 5.41) is 2.99. The van der Waals surface area contributed by atoms with Gasteiger partial charge in [0, 0.05) is 26.1 Å². The largest absolute Gasteiger partial charge is 0.355 e. The second kappa shape index (κ2) is 8.71. The van der Waals surface area contributed by atoms with Crippen LogP contribution >= 0.6 is 0 Å².